The van der Waals surface area contributed by atoms with Gasteiger partial charge in [0, 0.05) is 56.8 Å². The van der Waals surface area contributed by atoms with Crippen LogP contribution in [0.5, 0.6) is 0 Å². The maximum absolute atomic E-state index is 12.0. The van der Waals surface area contributed by atoms with Gasteiger partial charge in [0.2, 0.25) is 5.91 Å². The first kappa shape index (κ1) is 16.0. The molecule has 2 heterocycles. The van der Waals surface area contributed by atoms with Crippen LogP contribution < -0.4 is 5.32 Å². The molecule has 0 saturated carbocycles. The second kappa shape index (κ2) is 6.60. The number of carbonyl (C=O) groups is 1. The van der Waals surface area contributed by atoms with Crippen LogP contribution in [-0.4, -0.2) is 40.2 Å². The lowest BCUT2D eigenvalue weighted by atomic mass is 9.89. The van der Waals surface area contributed by atoms with E-state index < -0.39 is 0 Å². The van der Waals surface area contributed by atoms with Crippen molar-refractivity contribution in [3.8, 4) is 0 Å². The summed E-state index contributed by atoms with van der Waals surface area (Å²) < 4.78 is 1.87. The van der Waals surface area contributed by atoms with Crippen molar-refractivity contribution in [2.75, 3.05) is 19.6 Å². The Bertz CT molecular complexity index is 481. The Kier molecular flexibility index (Phi) is 5.04. The maximum Gasteiger partial charge on any atom is 0.223 e. The van der Waals surface area contributed by atoms with Crippen LogP contribution in [0.25, 0.3) is 0 Å². The first-order valence-corrected chi connectivity index (χ1v) is 7.89. The molecule has 0 aliphatic carbocycles. The van der Waals surface area contributed by atoms with Crippen molar-refractivity contribution < 1.29 is 4.79 Å². The highest BCUT2D eigenvalue weighted by Crippen LogP contribution is 2.23. The molecule has 1 aliphatic rings. The molecule has 1 aromatic rings. The van der Waals surface area contributed by atoms with Crippen molar-refractivity contribution in [1.82, 2.24) is 20.0 Å². The summed E-state index contributed by atoms with van der Waals surface area (Å²) in [5, 5.41) is 7.94. The number of nitrogens with one attached hydrogen (secondary N) is 1. The molecule has 1 fully saturated rings. The van der Waals surface area contributed by atoms with E-state index in [-0.39, 0.29) is 11.3 Å². The van der Waals surface area contributed by atoms with Gasteiger partial charge in [-0.3, -0.25) is 9.48 Å². The molecule has 1 saturated heterocycles. The van der Waals surface area contributed by atoms with Gasteiger partial charge in [0.05, 0.1) is 5.69 Å². The van der Waals surface area contributed by atoms with E-state index in [9.17, 15) is 4.79 Å². The average molecular weight is 292 g/mol. The Morgan fingerprint density at radius 1 is 1.33 bits per heavy atom. The van der Waals surface area contributed by atoms with Gasteiger partial charge in [-0.15, -0.1) is 0 Å². The van der Waals surface area contributed by atoms with Gasteiger partial charge in [-0.05, 0) is 12.8 Å². The number of carbonyl (C=O) groups excluding carboxylic acids is 1. The summed E-state index contributed by atoms with van der Waals surface area (Å²) >= 11 is 0. The Hall–Kier alpha value is -1.36. The van der Waals surface area contributed by atoms with Gasteiger partial charge < -0.3 is 10.2 Å². The van der Waals surface area contributed by atoms with E-state index in [1.54, 1.807) is 0 Å². The van der Waals surface area contributed by atoms with Crippen LogP contribution in [0.1, 0.15) is 51.3 Å². The molecule has 1 N–H and O–H groups in total. The zero-order valence-corrected chi connectivity index (χ0v) is 13.8. The minimum atomic E-state index is 0.0453. The topological polar surface area (TPSA) is 50.2 Å². The van der Waals surface area contributed by atoms with Crippen LogP contribution in [-0.2, 0) is 23.8 Å². The third-order valence-electron chi connectivity index (χ3n) is 3.90. The van der Waals surface area contributed by atoms with Crippen LogP contribution in [0.15, 0.2) is 6.20 Å². The molecule has 5 nitrogen and oxygen atoms in total. The summed E-state index contributed by atoms with van der Waals surface area (Å²) in [6.45, 7) is 9.91. The predicted octanol–water partition coefficient (Wildman–Crippen LogP) is 1.82. The van der Waals surface area contributed by atoms with Crippen LogP contribution in [0, 0.1) is 0 Å². The van der Waals surface area contributed by atoms with Crippen LogP contribution in [0.4, 0.5) is 0 Å². The summed E-state index contributed by atoms with van der Waals surface area (Å²) in [6.07, 6.45) is 4.97. The maximum atomic E-state index is 12.0. The van der Waals surface area contributed by atoms with E-state index in [2.05, 4.69) is 37.4 Å². The van der Waals surface area contributed by atoms with Crippen LogP contribution in [0.2, 0.25) is 0 Å². The summed E-state index contributed by atoms with van der Waals surface area (Å²) in [6, 6.07) is 0. The van der Waals surface area contributed by atoms with Crippen molar-refractivity contribution >= 4 is 5.91 Å². The SMILES string of the molecule is Cn1cc(CNCCC(=O)N2CCCC2)c(C(C)(C)C)n1. The molecule has 0 bridgehead atoms. The van der Waals surface area contributed by atoms with Crippen molar-refractivity contribution in [1.29, 1.82) is 0 Å². The minimum Gasteiger partial charge on any atom is -0.343 e. The number of hydrogen-bond donors (Lipinski definition) is 1. The predicted molar refractivity (Wildman–Crippen MR) is 84.0 cm³/mol. The van der Waals surface area contributed by atoms with E-state index in [0.717, 1.165) is 44.7 Å². The number of aromatic nitrogens is 2. The molecule has 1 aliphatic heterocycles. The lowest BCUT2D eigenvalue weighted by Crippen LogP contribution is -2.30. The first-order valence-electron chi connectivity index (χ1n) is 7.89. The second-order valence-corrected chi connectivity index (χ2v) is 6.94. The molecule has 2 rings (SSSR count). The molecule has 0 unspecified atom stereocenters. The van der Waals surface area contributed by atoms with Crippen LogP contribution >= 0.6 is 0 Å². The van der Waals surface area contributed by atoms with E-state index in [1.165, 1.54) is 5.56 Å². The molecule has 118 valence electrons. The van der Waals surface area contributed by atoms with Crippen molar-refractivity contribution in [2.24, 2.45) is 7.05 Å². The fourth-order valence-corrected chi connectivity index (χ4v) is 2.84. The van der Waals surface area contributed by atoms with Gasteiger partial charge in [-0.25, -0.2) is 0 Å². The quantitative estimate of drug-likeness (QED) is 0.842. The summed E-state index contributed by atoms with van der Waals surface area (Å²) in [5.41, 5.74) is 2.39. The third kappa shape index (κ3) is 4.30. The minimum absolute atomic E-state index is 0.0453. The summed E-state index contributed by atoms with van der Waals surface area (Å²) in [7, 11) is 1.95. The Morgan fingerprint density at radius 3 is 2.62 bits per heavy atom. The lowest BCUT2D eigenvalue weighted by Gasteiger charge is -2.18. The molecule has 0 aromatic carbocycles. The lowest BCUT2D eigenvalue weighted by molar-refractivity contribution is -0.130. The fourth-order valence-electron chi connectivity index (χ4n) is 2.84. The number of rotatable bonds is 5. The highest BCUT2D eigenvalue weighted by Gasteiger charge is 2.21. The molecule has 21 heavy (non-hydrogen) atoms. The van der Waals surface area contributed by atoms with Crippen LogP contribution in [0.3, 0.4) is 0 Å². The molecular formula is C16H28N4O. The van der Waals surface area contributed by atoms with E-state index in [4.69, 9.17) is 0 Å². The fraction of sp³-hybridized carbons (Fsp3) is 0.750. The van der Waals surface area contributed by atoms with Gasteiger partial charge in [0.1, 0.15) is 0 Å². The molecule has 5 heteroatoms. The zero-order chi connectivity index (χ0) is 15.5. The zero-order valence-electron chi connectivity index (χ0n) is 13.8. The van der Waals surface area contributed by atoms with Gasteiger partial charge in [-0.2, -0.15) is 5.10 Å². The highest BCUT2D eigenvalue weighted by atomic mass is 16.2. The van der Waals surface area contributed by atoms with E-state index in [1.807, 2.05) is 16.6 Å². The number of hydrogen-bond acceptors (Lipinski definition) is 3. The normalized spacial score (nSPS) is 15.7. The molecule has 0 spiro atoms. The van der Waals surface area contributed by atoms with Crippen molar-refractivity contribution in [3.05, 3.63) is 17.5 Å². The van der Waals surface area contributed by atoms with Crippen molar-refractivity contribution in [2.45, 2.75) is 52.0 Å². The number of amides is 1. The standard InChI is InChI=1S/C16H28N4O/c1-16(2,3)15-13(12-19(4)18-15)11-17-8-7-14(21)20-9-5-6-10-20/h12,17H,5-11H2,1-4H3. The molecule has 0 atom stereocenters. The monoisotopic (exact) mass is 292 g/mol. The van der Waals surface area contributed by atoms with Gasteiger partial charge in [-0.1, -0.05) is 20.8 Å². The largest absolute Gasteiger partial charge is 0.343 e. The second-order valence-electron chi connectivity index (χ2n) is 6.94. The Labute approximate surface area is 127 Å². The third-order valence-corrected chi connectivity index (χ3v) is 3.90. The van der Waals surface area contributed by atoms with Crippen molar-refractivity contribution in [3.63, 3.8) is 0 Å². The number of likely N-dealkylation sites (tertiary alicyclic amines) is 1. The number of nitrogens with zero attached hydrogens (tertiary/aromatic N) is 3. The molecule has 1 amide bonds. The average Bonchev–Trinajstić information content (AvgIpc) is 3.02. The Balaban J connectivity index is 1.79. The highest BCUT2D eigenvalue weighted by molar-refractivity contribution is 5.76. The summed E-state index contributed by atoms with van der Waals surface area (Å²) in [5.74, 6) is 0.280. The summed E-state index contributed by atoms with van der Waals surface area (Å²) in [4.78, 5) is 13.9. The van der Waals surface area contributed by atoms with Gasteiger partial charge in [0.25, 0.3) is 0 Å². The molecule has 0 radical (unpaired) electrons. The van der Waals surface area contributed by atoms with Gasteiger partial charge in [0.15, 0.2) is 0 Å². The molecular weight excluding hydrogens is 264 g/mol. The van der Waals surface area contributed by atoms with E-state index >= 15 is 0 Å². The Morgan fingerprint density at radius 2 is 2.00 bits per heavy atom. The number of aryl methyl sites for hydroxylation is 1. The van der Waals surface area contributed by atoms with E-state index in [0.29, 0.717) is 6.42 Å². The first-order chi connectivity index (χ1) is 9.88. The molecule has 1 aromatic heterocycles. The smallest absolute Gasteiger partial charge is 0.223 e. The van der Waals surface area contributed by atoms with Gasteiger partial charge >= 0.3 is 0 Å².